The summed E-state index contributed by atoms with van der Waals surface area (Å²) in [6.45, 7) is 0.557. The molecule has 0 atom stereocenters. The molecule has 1 aliphatic rings. The molecule has 0 amide bonds. The van der Waals surface area contributed by atoms with Crippen LogP contribution in [0, 0.1) is 5.92 Å². The molecule has 84 valence electrons. The van der Waals surface area contributed by atoms with E-state index in [9.17, 15) is 8.42 Å². The molecule has 0 spiro atoms. The van der Waals surface area contributed by atoms with E-state index in [2.05, 4.69) is 10.2 Å². The Bertz CT molecular complexity index is 451. The van der Waals surface area contributed by atoms with Gasteiger partial charge in [-0.05, 0) is 18.8 Å². The van der Waals surface area contributed by atoms with Crippen molar-refractivity contribution >= 4 is 26.5 Å². The fraction of sp³-hybridized carbons (Fsp3) is 0.714. The lowest BCUT2D eigenvalue weighted by Crippen LogP contribution is -2.28. The molecule has 1 fully saturated rings. The molecule has 0 saturated heterocycles. The molecule has 1 saturated carbocycles. The lowest BCUT2D eigenvalue weighted by molar-refractivity contribution is 0.452. The van der Waals surface area contributed by atoms with Gasteiger partial charge in [0.1, 0.15) is 0 Å². The summed E-state index contributed by atoms with van der Waals surface area (Å²) in [5, 5.41) is 7.23. The van der Waals surface area contributed by atoms with Crippen molar-refractivity contribution in [3.05, 3.63) is 0 Å². The molecule has 2 N–H and O–H groups in total. The van der Waals surface area contributed by atoms with Crippen molar-refractivity contribution in [3.8, 4) is 0 Å². The first-order valence-electron chi connectivity index (χ1n) is 4.55. The molecule has 0 aromatic carbocycles. The number of hydrogen-bond acceptors (Lipinski definition) is 6. The van der Waals surface area contributed by atoms with Gasteiger partial charge >= 0.3 is 0 Å². The van der Waals surface area contributed by atoms with Crippen molar-refractivity contribution < 1.29 is 8.42 Å². The van der Waals surface area contributed by atoms with Crippen molar-refractivity contribution in [2.24, 2.45) is 5.92 Å². The van der Waals surface area contributed by atoms with E-state index in [0.29, 0.717) is 12.5 Å². The number of nitrogens with zero attached hydrogens (tertiary/aromatic N) is 3. The first-order valence-corrected chi connectivity index (χ1v) is 6.81. The maximum absolute atomic E-state index is 11.9. The van der Waals surface area contributed by atoms with Crippen molar-refractivity contribution in [1.82, 2.24) is 14.5 Å². The fourth-order valence-electron chi connectivity index (χ4n) is 1.22. The normalized spacial score (nSPS) is 17.2. The standard InChI is InChI=1S/C7H12N4O2S2/c1-11(4-5-2-3-5)15(12,13)7-10-9-6(8)14-7/h5H,2-4H2,1H3,(H2,8,9). The smallest absolute Gasteiger partial charge is 0.272 e. The van der Waals surface area contributed by atoms with Crippen LogP contribution < -0.4 is 5.73 Å². The van der Waals surface area contributed by atoms with Gasteiger partial charge in [0.2, 0.25) is 9.47 Å². The monoisotopic (exact) mass is 248 g/mol. The van der Waals surface area contributed by atoms with Gasteiger partial charge < -0.3 is 5.73 Å². The summed E-state index contributed by atoms with van der Waals surface area (Å²) in [6.07, 6.45) is 2.22. The van der Waals surface area contributed by atoms with Gasteiger partial charge in [-0.25, -0.2) is 8.42 Å². The van der Waals surface area contributed by atoms with Crippen LogP contribution in [0.15, 0.2) is 4.34 Å². The summed E-state index contributed by atoms with van der Waals surface area (Å²) in [6, 6.07) is 0. The van der Waals surface area contributed by atoms with Gasteiger partial charge in [-0.15, -0.1) is 10.2 Å². The van der Waals surface area contributed by atoms with E-state index >= 15 is 0 Å². The molecule has 8 heteroatoms. The summed E-state index contributed by atoms with van der Waals surface area (Å²) in [4.78, 5) is 0. The van der Waals surface area contributed by atoms with Gasteiger partial charge in [0, 0.05) is 13.6 Å². The van der Waals surface area contributed by atoms with E-state index in [0.717, 1.165) is 24.2 Å². The summed E-state index contributed by atoms with van der Waals surface area (Å²) in [5.41, 5.74) is 5.35. The molecule has 1 aliphatic carbocycles. The third-order valence-electron chi connectivity index (χ3n) is 2.27. The maximum Gasteiger partial charge on any atom is 0.272 e. The fourth-order valence-corrected chi connectivity index (χ4v) is 3.44. The predicted octanol–water partition coefficient (Wildman–Crippen LogP) is 0.151. The number of nitrogen functional groups attached to an aromatic ring is 1. The summed E-state index contributed by atoms with van der Waals surface area (Å²) in [5.74, 6) is 0.509. The first-order chi connectivity index (χ1) is 7.00. The average molecular weight is 248 g/mol. The molecule has 0 aliphatic heterocycles. The number of aromatic nitrogens is 2. The lowest BCUT2D eigenvalue weighted by atomic mass is 10.4. The maximum atomic E-state index is 11.9. The van der Waals surface area contributed by atoms with E-state index < -0.39 is 10.0 Å². The molecule has 1 heterocycles. The van der Waals surface area contributed by atoms with E-state index in [1.54, 1.807) is 7.05 Å². The van der Waals surface area contributed by atoms with Crippen molar-refractivity contribution in [1.29, 1.82) is 0 Å². The minimum atomic E-state index is -3.47. The van der Waals surface area contributed by atoms with Gasteiger partial charge in [-0.1, -0.05) is 11.3 Å². The summed E-state index contributed by atoms with van der Waals surface area (Å²) in [7, 11) is -1.91. The number of nitrogens with two attached hydrogens (primary N) is 1. The third-order valence-corrected chi connectivity index (χ3v) is 5.19. The average Bonchev–Trinajstić information content (AvgIpc) is 2.86. The van der Waals surface area contributed by atoms with Gasteiger partial charge in [-0.3, -0.25) is 0 Å². The molecule has 6 nitrogen and oxygen atoms in total. The summed E-state index contributed by atoms with van der Waals surface area (Å²) >= 11 is 0.896. The second-order valence-corrected chi connectivity index (χ2v) is 6.86. The van der Waals surface area contributed by atoms with Crippen molar-refractivity contribution in [3.63, 3.8) is 0 Å². The van der Waals surface area contributed by atoms with E-state index in [4.69, 9.17) is 5.73 Å². The highest BCUT2D eigenvalue weighted by Gasteiger charge is 2.31. The Morgan fingerprint density at radius 1 is 1.53 bits per heavy atom. The largest absolute Gasteiger partial charge is 0.374 e. The highest BCUT2D eigenvalue weighted by Crippen LogP contribution is 2.31. The zero-order valence-electron chi connectivity index (χ0n) is 8.25. The molecule has 0 unspecified atom stereocenters. The Morgan fingerprint density at radius 2 is 2.20 bits per heavy atom. The molecule has 0 radical (unpaired) electrons. The highest BCUT2D eigenvalue weighted by molar-refractivity contribution is 7.91. The summed E-state index contributed by atoms with van der Waals surface area (Å²) < 4.78 is 25.1. The molecule has 1 aromatic rings. The molecular formula is C7H12N4O2S2. The van der Waals surface area contributed by atoms with Crippen molar-refractivity contribution in [2.75, 3.05) is 19.3 Å². The lowest BCUT2D eigenvalue weighted by Gasteiger charge is -2.13. The minimum absolute atomic E-state index is 0.0249. The van der Waals surface area contributed by atoms with Gasteiger partial charge in [0.25, 0.3) is 10.0 Å². The quantitative estimate of drug-likeness (QED) is 0.819. The number of rotatable bonds is 4. The van der Waals surface area contributed by atoms with Crippen LogP contribution in [-0.4, -0.2) is 36.5 Å². The van der Waals surface area contributed by atoms with E-state index in [1.165, 1.54) is 4.31 Å². The van der Waals surface area contributed by atoms with Gasteiger partial charge in [0.05, 0.1) is 0 Å². The van der Waals surface area contributed by atoms with Crippen LogP contribution in [0.4, 0.5) is 5.13 Å². The van der Waals surface area contributed by atoms with Crippen molar-refractivity contribution in [2.45, 2.75) is 17.2 Å². The molecule has 15 heavy (non-hydrogen) atoms. The third kappa shape index (κ3) is 2.27. The topological polar surface area (TPSA) is 89.2 Å². The molecule has 0 bridgehead atoms. The second kappa shape index (κ2) is 3.69. The number of hydrogen-bond donors (Lipinski definition) is 1. The Hall–Kier alpha value is -0.730. The zero-order valence-corrected chi connectivity index (χ0v) is 9.88. The van der Waals surface area contributed by atoms with Crippen LogP contribution in [0.25, 0.3) is 0 Å². The number of anilines is 1. The highest BCUT2D eigenvalue weighted by atomic mass is 32.2. The van der Waals surface area contributed by atoms with Crippen LogP contribution in [0.1, 0.15) is 12.8 Å². The van der Waals surface area contributed by atoms with Crippen LogP contribution in [-0.2, 0) is 10.0 Å². The van der Waals surface area contributed by atoms with Crippen LogP contribution >= 0.6 is 11.3 Å². The SMILES string of the molecule is CN(CC1CC1)S(=O)(=O)c1nnc(N)s1. The Balaban J connectivity index is 2.17. The molecule has 2 rings (SSSR count). The first kappa shape index (κ1) is 10.8. The minimum Gasteiger partial charge on any atom is -0.374 e. The Morgan fingerprint density at radius 3 is 2.67 bits per heavy atom. The van der Waals surface area contributed by atoms with E-state index in [-0.39, 0.29) is 9.47 Å². The number of sulfonamides is 1. The predicted molar refractivity (Wildman–Crippen MR) is 56.9 cm³/mol. The van der Waals surface area contributed by atoms with Crippen LogP contribution in [0.5, 0.6) is 0 Å². The van der Waals surface area contributed by atoms with Gasteiger partial charge in [0.15, 0.2) is 0 Å². The van der Waals surface area contributed by atoms with Gasteiger partial charge in [-0.2, -0.15) is 4.31 Å². The molecular weight excluding hydrogens is 236 g/mol. The zero-order chi connectivity index (χ0) is 11.1. The Labute approximate surface area is 92.2 Å². The second-order valence-electron chi connectivity index (χ2n) is 3.64. The van der Waals surface area contributed by atoms with E-state index in [1.807, 2.05) is 0 Å². The Kier molecular flexibility index (Phi) is 2.65. The van der Waals surface area contributed by atoms with Crippen LogP contribution in [0.2, 0.25) is 0 Å². The van der Waals surface area contributed by atoms with Crippen LogP contribution in [0.3, 0.4) is 0 Å². The molecule has 1 aromatic heterocycles.